The second-order valence-electron chi connectivity index (χ2n) is 3.61. The van der Waals surface area contributed by atoms with Gasteiger partial charge in [-0.3, -0.25) is 4.79 Å². The predicted octanol–water partition coefficient (Wildman–Crippen LogP) is 0.597. The zero-order valence-corrected chi connectivity index (χ0v) is 11.0. The summed E-state index contributed by atoms with van der Waals surface area (Å²) in [5.74, 6) is -1.72. The highest BCUT2D eigenvalue weighted by atomic mass is 79.9. The Morgan fingerprint density at radius 2 is 2.11 bits per heavy atom. The average molecular weight is 317 g/mol. The number of nitrogens with two attached hydrogens (primary N) is 1. The lowest BCUT2D eigenvalue weighted by Crippen LogP contribution is -2.41. The number of rotatable bonds is 5. The number of hydrogen-bond donors (Lipinski definition) is 4. The van der Waals surface area contributed by atoms with Crippen molar-refractivity contribution in [3.05, 3.63) is 28.2 Å². The molecule has 0 aromatic heterocycles. The van der Waals surface area contributed by atoms with E-state index in [9.17, 15) is 9.59 Å². The number of halogens is 1. The zero-order chi connectivity index (χ0) is 13.7. The molecule has 0 heterocycles. The Bertz CT molecular complexity index is 464. The minimum Gasteiger partial charge on any atom is -0.480 e. The van der Waals surface area contributed by atoms with Crippen LogP contribution in [0.5, 0.6) is 0 Å². The van der Waals surface area contributed by atoms with Gasteiger partial charge in [0.1, 0.15) is 6.04 Å². The Hall–Kier alpha value is -1.60. The second-order valence-corrected chi connectivity index (χ2v) is 4.47. The summed E-state index contributed by atoms with van der Waals surface area (Å²) in [6, 6.07) is 3.43. The van der Waals surface area contributed by atoms with Gasteiger partial charge in [-0.05, 0) is 34.1 Å². The highest BCUT2D eigenvalue weighted by Crippen LogP contribution is 2.20. The fourth-order valence-corrected chi connectivity index (χ4v) is 1.68. The number of amides is 1. The van der Waals surface area contributed by atoms with Gasteiger partial charge in [0.15, 0.2) is 0 Å². The molecule has 1 aromatic carbocycles. The third kappa shape index (κ3) is 3.71. The maximum Gasteiger partial charge on any atom is 0.326 e. The van der Waals surface area contributed by atoms with Crippen LogP contribution in [0, 0.1) is 0 Å². The minimum atomic E-state index is -1.19. The zero-order valence-electron chi connectivity index (χ0n) is 9.39. The number of carbonyl (C=O) groups excluding carboxylic acids is 1. The lowest BCUT2D eigenvalue weighted by atomic mass is 10.1. The van der Waals surface area contributed by atoms with Crippen molar-refractivity contribution >= 4 is 33.5 Å². The highest BCUT2D eigenvalue weighted by molar-refractivity contribution is 9.10. The van der Waals surface area contributed by atoms with Crippen LogP contribution in [0.1, 0.15) is 16.8 Å². The Morgan fingerprint density at radius 1 is 1.44 bits per heavy atom. The van der Waals surface area contributed by atoms with Crippen LogP contribution in [0.4, 0.5) is 5.69 Å². The van der Waals surface area contributed by atoms with Gasteiger partial charge >= 0.3 is 5.97 Å². The summed E-state index contributed by atoms with van der Waals surface area (Å²) in [6.45, 7) is -0.317. The summed E-state index contributed by atoms with van der Waals surface area (Å²) in [5.41, 5.74) is 6.36. The van der Waals surface area contributed by atoms with Crippen molar-refractivity contribution < 1.29 is 19.8 Å². The van der Waals surface area contributed by atoms with Crippen molar-refractivity contribution in [2.45, 2.75) is 12.5 Å². The number of nitrogens with one attached hydrogen (secondary N) is 1. The van der Waals surface area contributed by atoms with Crippen LogP contribution in [0.3, 0.4) is 0 Å². The minimum absolute atomic E-state index is 0.0444. The third-order valence-electron chi connectivity index (χ3n) is 2.28. The van der Waals surface area contributed by atoms with Crippen LogP contribution < -0.4 is 11.1 Å². The van der Waals surface area contributed by atoms with E-state index < -0.39 is 17.9 Å². The van der Waals surface area contributed by atoms with Crippen molar-refractivity contribution in [3.8, 4) is 0 Å². The van der Waals surface area contributed by atoms with E-state index in [2.05, 4.69) is 21.2 Å². The van der Waals surface area contributed by atoms with Crippen LogP contribution in [-0.2, 0) is 4.79 Å². The molecule has 0 spiro atoms. The fourth-order valence-electron chi connectivity index (χ4n) is 1.30. The van der Waals surface area contributed by atoms with Crippen LogP contribution >= 0.6 is 15.9 Å². The van der Waals surface area contributed by atoms with Gasteiger partial charge < -0.3 is 21.3 Å². The topological polar surface area (TPSA) is 113 Å². The molecule has 1 atom stereocenters. The molecule has 0 aliphatic rings. The summed E-state index contributed by atoms with van der Waals surface area (Å²) < 4.78 is 0.559. The van der Waals surface area contributed by atoms with Crippen LogP contribution in [0.2, 0.25) is 0 Å². The van der Waals surface area contributed by atoms with E-state index >= 15 is 0 Å². The molecule has 0 radical (unpaired) electrons. The lowest BCUT2D eigenvalue weighted by Gasteiger charge is -2.13. The van der Waals surface area contributed by atoms with Gasteiger partial charge in [0, 0.05) is 28.8 Å². The van der Waals surface area contributed by atoms with E-state index in [0.29, 0.717) is 15.7 Å². The molecule has 1 rings (SSSR count). The number of carbonyl (C=O) groups is 2. The molecule has 5 N–H and O–H groups in total. The number of anilines is 1. The average Bonchev–Trinajstić information content (AvgIpc) is 2.31. The standard InChI is InChI=1S/C11H13BrN2O4/c12-7-5-6(1-2-8(7)13)10(16)14-9(3-4-15)11(17)18/h1-2,5,9,15H,3-4,13H2,(H,14,16)(H,17,18). The Balaban J connectivity index is 2.80. The Morgan fingerprint density at radius 3 is 2.61 bits per heavy atom. The number of benzene rings is 1. The molecular formula is C11H13BrN2O4. The maximum absolute atomic E-state index is 11.8. The first-order valence-electron chi connectivity index (χ1n) is 5.15. The smallest absolute Gasteiger partial charge is 0.326 e. The first-order valence-corrected chi connectivity index (χ1v) is 5.94. The van der Waals surface area contributed by atoms with E-state index in [-0.39, 0.29) is 13.0 Å². The van der Waals surface area contributed by atoms with Gasteiger partial charge in [-0.2, -0.15) is 0 Å². The highest BCUT2D eigenvalue weighted by Gasteiger charge is 2.20. The van der Waals surface area contributed by atoms with Crippen molar-refractivity contribution in [3.63, 3.8) is 0 Å². The van der Waals surface area contributed by atoms with Gasteiger partial charge in [0.05, 0.1) is 0 Å². The lowest BCUT2D eigenvalue weighted by molar-refractivity contribution is -0.139. The number of aliphatic hydroxyl groups is 1. The number of carboxylic acid groups (broad SMARTS) is 1. The molecule has 1 aromatic rings. The summed E-state index contributed by atoms with van der Waals surface area (Å²) in [5, 5.41) is 19.9. The van der Waals surface area contributed by atoms with Crippen LogP contribution in [0.25, 0.3) is 0 Å². The third-order valence-corrected chi connectivity index (χ3v) is 2.97. The molecule has 6 nitrogen and oxygen atoms in total. The largest absolute Gasteiger partial charge is 0.480 e. The maximum atomic E-state index is 11.8. The molecule has 7 heteroatoms. The Labute approximate surface area is 112 Å². The van der Waals surface area contributed by atoms with Gasteiger partial charge in [-0.25, -0.2) is 4.79 Å². The van der Waals surface area contributed by atoms with Crippen molar-refractivity contribution in [1.82, 2.24) is 5.32 Å². The summed E-state index contributed by atoms with van der Waals surface area (Å²) in [7, 11) is 0. The number of carboxylic acids is 1. The molecule has 0 fully saturated rings. The van der Waals surface area contributed by atoms with E-state index in [1.807, 2.05) is 0 Å². The Kier molecular flexibility index (Phi) is 5.11. The van der Waals surface area contributed by atoms with Gasteiger partial charge in [-0.1, -0.05) is 0 Å². The van der Waals surface area contributed by atoms with Gasteiger partial charge in [0.2, 0.25) is 0 Å². The molecule has 1 amide bonds. The predicted molar refractivity (Wildman–Crippen MR) is 69.1 cm³/mol. The molecule has 0 aliphatic heterocycles. The number of aliphatic hydroxyl groups excluding tert-OH is 1. The summed E-state index contributed by atoms with van der Waals surface area (Å²) >= 11 is 3.18. The van der Waals surface area contributed by atoms with Crippen LogP contribution in [0.15, 0.2) is 22.7 Å². The van der Waals surface area contributed by atoms with E-state index in [1.54, 1.807) is 6.07 Å². The first kappa shape index (κ1) is 14.5. The number of nitrogen functional groups attached to an aromatic ring is 1. The molecule has 0 bridgehead atoms. The fraction of sp³-hybridized carbons (Fsp3) is 0.273. The van der Waals surface area contributed by atoms with E-state index in [4.69, 9.17) is 15.9 Å². The SMILES string of the molecule is Nc1ccc(C(=O)NC(CCO)C(=O)O)cc1Br. The first-order chi connectivity index (χ1) is 8.45. The van der Waals surface area contributed by atoms with Gasteiger partial charge in [-0.15, -0.1) is 0 Å². The van der Waals surface area contributed by atoms with Crippen molar-refractivity contribution in [1.29, 1.82) is 0 Å². The van der Waals surface area contributed by atoms with Crippen molar-refractivity contribution in [2.24, 2.45) is 0 Å². The summed E-state index contributed by atoms with van der Waals surface area (Å²) in [4.78, 5) is 22.6. The molecule has 18 heavy (non-hydrogen) atoms. The summed E-state index contributed by atoms with van der Waals surface area (Å²) in [6.07, 6.45) is -0.0444. The monoisotopic (exact) mass is 316 g/mol. The molecule has 0 aliphatic carbocycles. The molecule has 0 saturated heterocycles. The number of aliphatic carboxylic acids is 1. The molecule has 1 unspecified atom stereocenters. The number of hydrogen-bond acceptors (Lipinski definition) is 4. The van der Waals surface area contributed by atoms with Gasteiger partial charge in [0.25, 0.3) is 5.91 Å². The molecule has 0 saturated carbocycles. The van der Waals surface area contributed by atoms with Crippen molar-refractivity contribution in [2.75, 3.05) is 12.3 Å². The van der Waals surface area contributed by atoms with E-state index in [0.717, 1.165) is 0 Å². The molecule has 98 valence electrons. The normalized spacial score (nSPS) is 11.9. The quantitative estimate of drug-likeness (QED) is 0.594. The van der Waals surface area contributed by atoms with Crippen LogP contribution in [-0.4, -0.2) is 34.7 Å². The molecular weight excluding hydrogens is 304 g/mol. The van der Waals surface area contributed by atoms with E-state index in [1.165, 1.54) is 12.1 Å². The second kappa shape index (κ2) is 6.36.